The molecule has 7 nitrogen and oxygen atoms in total. The Bertz CT molecular complexity index is 973. The zero-order valence-electron chi connectivity index (χ0n) is 17.1. The van der Waals surface area contributed by atoms with Crippen molar-refractivity contribution in [2.45, 2.75) is 43.4 Å². The lowest BCUT2D eigenvalue weighted by molar-refractivity contribution is -0.182. The molecule has 4 aliphatic rings. The molecule has 0 saturated carbocycles. The first kappa shape index (κ1) is 19.2. The maximum Gasteiger partial charge on any atom is 0.221 e. The van der Waals surface area contributed by atoms with Crippen LogP contribution < -0.4 is 5.73 Å². The Morgan fingerprint density at radius 1 is 1.37 bits per heavy atom. The summed E-state index contributed by atoms with van der Waals surface area (Å²) in [7, 11) is 1.78. The average Bonchev–Trinajstić information content (AvgIpc) is 3.07. The van der Waals surface area contributed by atoms with Crippen LogP contribution >= 0.6 is 0 Å². The predicted molar refractivity (Wildman–Crippen MR) is 111 cm³/mol. The minimum atomic E-state index is -0.878. The van der Waals surface area contributed by atoms with Gasteiger partial charge in [-0.3, -0.25) is 0 Å². The number of fused-ring (bicyclic) bond motifs is 2. The molecule has 156 valence electrons. The normalized spacial score (nSPS) is 33.1. The van der Waals surface area contributed by atoms with Crippen molar-refractivity contribution in [1.82, 2.24) is 5.06 Å². The van der Waals surface area contributed by atoms with Crippen LogP contribution in [0.4, 0.5) is 0 Å². The van der Waals surface area contributed by atoms with Gasteiger partial charge in [-0.25, -0.2) is 14.9 Å². The van der Waals surface area contributed by atoms with Crippen molar-refractivity contribution < 1.29 is 14.3 Å². The van der Waals surface area contributed by atoms with Crippen LogP contribution in [0, 0.1) is 17.2 Å². The van der Waals surface area contributed by atoms with Gasteiger partial charge in [0.15, 0.2) is 0 Å². The second kappa shape index (κ2) is 7.46. The zero-order valence-corrected chi connectivity index (χ0v) is 17.1. The van der Waals surface area contributed by atoms with Gasteiger partial charge >= 0.3 is 0 Å². The summed E-state index contributed by atoms with van der Waals surface area (Å²) in [5, 5.41) is 10.8. The van der Waals surface area contributed by atoms with E-state index in [9.17, 15) is 5.26 Å². The summed E-state index contributed by atoms with van der Waals surface area (Å²) >= 11 is 0. The number of hydrogen-bond acceptors (Lipinski definition) is 7. The van der Waals surface area contributed by atoms with E-state index < -0.39 is 5.72 Å². The van der Waals surface area contributed by atoms with E-state index in [1.165, 1.54) is 5.06 Å². The number of aliphatic imine (C=N–C) groups is 1. The van der Waals surface area contributed by atoms with Gasteiger partial charge in [0.25, 0.3) is 0 Å². The fourth-order valence-electron chi connectivity index (χ4n) is 4.85. The summed E-state index contributed by atoms with van der Waals surface area (Å²) in [5.41, 5.74) is 7.91. The van der Waals surface area contributed by atoms with Gasteiger partial charge < -0.3 is 15.2 Å². The first-order valence-corrected chi connectivity index (χ1v) is 10.5. The number of nitrogens with two attached hydrogens (primary N) is 1. The van der Waals surface area contributed by atoms with E-state index >= 15 is 0 Å². The molecule has 30 heavy (non-hydrogen) atoms. The van der Waals surface area contributed by atoms with Crippen LogP contribution in [0.15, 0.2) is 52.7 Å². The van der Waals surface area contributed by atoms with E-state index in [4.69, 9.17) is 25.0 Å². The molecule has 2 saturated heterocycles. The molecule has 4 unspecified atom stereocenters. The van der Waals surface area contributed by atoms with Crippen molar-refractivity contribution in [1.29, 1.82) is 5.26 Å². The van der Waals surface area contributed by atoms with Gasteiger partial charge in [-0.1, -0.05) is 18.2 Å². The number of nitriles is 1. The van der Waals surface area contributed by atoms with Crippen LogP contribution in [0.25, 0.3) is 0 Å². The predicted octanol–water partition coefficient (Wildman–Crippen LogP) is 2.96. The van der Waals surface area contributed by atoms with Crippen LogP contribution in [0.1, 0.15) is 42.7 Å². The number of benzene rings is 1. The Morgan fingerprint density at radius 2 is 2.27 bits per heavy atom. The molecule has 1 spiro atoms. The topological polar surface area (TPSA) is 93.1 Å². The van der Waals surface area contributed by atoms with E-state index in [2.05, 4.69) is 24.3 Å². The Hall–Kier alpha value is -2.82. The maximum atomic E-state index is 9.26. The van der Waals surface area contributed by atoms with Crippen molar-refractivity contribution >= 4 is 5.96 Å². The Kier molecular flexibility index (Phi) is 4.76. The van der Waals surface area contributed by atoms with Crippen LogP contribution in [-0.2, 0) is 14.3 Å². The van der Waals surface area contributed by atoms with Crippen LogP contribution in [0.3, 0.4) is 0 Å². The average molecular weight is 406 g/mol. The number of allylic oxidation sites excluding steroid dienone is 2. The molecule has 5 rings (SSSR count). The van der Waals surface area contributed by atoms with Crippen LogP contribution in [0.5, 0.6) is 0 Å². The highest BCUT2D eigenvalue weighted by atomic mass is 16.7. The molecule has 0 bridgehead atoms. The van der Waals surface area contributed by atoms with Crippen molar-refractivity contribution in [2.75, 3.05) is 20.3 Å². The molecule has 0 aromatic heterocycles. The van der Waals surface area contributed by atoms with E-state index in [1.54, 1.807) is 7.05 Å². The van der Waals surface area contributed by atoms with Crippen molar-refractivity contribution in [3.05, 3.63) is 58.9 Å². The van der Waals surface area contributed by atoms with E-state index in [-0.39, 0.29) is 12.0 Å². The summed E-state index contributed by atoms with van der Waals surface area (Å²) in [5.74, 6) is 1.63. The first-order chi connectivity index (χ1) is 14.6. The second-order valence-corrected chi connectivity index (χ2v) is 8.41. The fraction of sp³-hybridized carbons (Fsp3) is 0.478. The van der Waals surface area contributed by atoms with Gasteiger partial charge in [-0.2, -0.15) is 5.26 Å². The molecule has 4 atom stereocenters. The third-order valence-electron chi connectivity index (χ3n) is 6.44. The summed E-state index contributed by atoms with van der Waals surface area (Å²) in [6, 6.07) is 9.97. The third kappa shape index (κ3) is 3.26. The molecule has 0 radical (unpaired) electrons. The molecule has 3 aliphatic heterocycles. The van der Waals surface area contributed by atoms with Gasteiger partial charge in [0.05, 0.1) is 18.2 Å². The van der Waals surface area contributed by atoms with E-state index in [1.807, 2.05) is 18.2 Å². The first-order valence-electron chi connectivity index (χ1n) is 10.5. The van der Waals surface area contributed by atoms with Gasteiger partial charge in [-0.05, 0) is 43.0 Å². The largest absolute Gasteiger partial charge is 0.490 e. The van der Waals surface area contributed by atoms with Crippen molar-refractivity contribution in [2.24, 2.45) is 16.6 Å². The van der Waals surface area contributed by atoms with Gasteiger partial charge in [-0.15, -0.1) is 0 Å². The summed E-state index contributed by atoms with van der Waals surface area (Å²) in [6.07, 6.45) is 7.79. The molecule has 0 amide bonds. The Balaban J connectivity index is 1.51. The van der Waals surface area contributed by atoms with Crippen molar-refractivity contribution in [3.8, 4) is 6.07 Å². The number of hydroxylamine groups is 2. The molecule has 1 aliphatic carbocycles. The molecule has 1 aromatic carbocycles. The SMILES string of the molecule is CN1OC2(CC(C3CCCOC3)OC3=CCC(c4cccc(C#N)c4)C=C32)N=C1N. The lowest BCUT2D eigenvalue weighted by Gasteiger charge is -2.43. The van der Waals surface area contributed by atoms with Gasteiger partial charge in [0.1, 0.15) is 11.9 Å². The molecule has 2 N–H and O–H groups in total. The van der Waals surface area contributed by atoms with Crippen molar-refractivity contribution in [3.63, 3.8) is 0 Å². The van der Waals surface area contributed by atoms with Gasteiger partial charge in [0.2, 0.25) is 11.7 Å². The lowest BCUT2D eigenvalue weighted by Crippen LogP contribution is -2.47. The number of nitrogens with zero attached hydrogens (tertiary/aromatic N) is 3. The molecular weight excluding hydrogens is 380 g/mol. The molecule has 7 heteroatoms. The monoisotopic (exact) mass is 406 g/mol. The van der Waals surface area contributed by atoms with E-state index in [0.717, 1.165) is 42.8 Å². The summed E-state index contributed by atoms with van der Waals surface area (Å²) < 4.78 is 12.2. The summed E-state index contributed by atoms with van der Waals surface area (Å²) in [4.78, 5) is 11.0. The number of ether oxygens (including phenoxy) is 2. The summed E-state index contributed by atoms with van der Waals surface area (Å²) in [6.45, 7) is 1.52. The Labute approximate surface area is 176 Å². The molecule has 2 fully saturated rings. The molecule has 3 heterocycles. The molecular formula is C23H26N4O3. The minimum absolute atomic E-state index is 0.0322. The highest BCUT2D eigenvalue weighted by Crippen LogP contribution is 2.48. The zero-order chi connectivity index (χ0) is 20.7. The molecule has 1 aromatic rings. The Morgan fingerprint density at radius 3 is 3.00 bits per heavy atom. The lowest BCUT2D eigenvalue weighted by atomic mass is 9.79. The maximum absolute atomic E-state index is 9.26. The number of rotatable bonds is 2. The third-order valence-corrected chi connectivity index (χ3v) is 6.44. The van der Waals surface area contributed by atoms with E-state index in [0.29, 0.717) is 30.5 Å². The minimum Gasteiger partial charge on any atom is -0.490 e. The van der Waals surface area contributed by atoms with Crippen LogP contribution in [0.2, 0.25) is 0 Å². The second-order valence-electron chi connectivity index (χ2n) is 8.41. The highest BCUT2D eigenvalue weighted by molar-refractivity contribution is 5.79. The number of hydrogen-bond donors (Lipinski definition) is 1. The number of guanidine groups is 1. The fourth-order valence-corrected chi connectivity index (χ4v) is 4.85. The van der Waals surface area contributed by atoms with Gasteiger partial charge in [0, 0.05) is 37.5 Å². The smallest absolute Gasteiger partial charge is 0.221 e. The highest BCUT2D eigenvalue weighted by Gasteiger charge is 2.52. The standard InChI is InChI=1S/C23H26N4O3/c1-27-22(25)26-23(30-27)12-21(18-6-3-9-28-14-18)29-20-8-7-17(11-19(20)23)16-5-2-4-15(10-16)13-24/h2,4-5,8,10-11,17-18,21H,3,6-7,9,12,14H2,1H3,(H2,25,26). The quantitative estimate of drug-likeness (QED) is 0.812. The van der Waals surface area contributed by atoms with Crippen LogP contribution in [-0.4, -0.2) is 43.1 Å².